The third kappa shape index (κ3) is 5.65. The van der Waals surface area contributed by atoms with Crippen molar-refractivity contribution in [2.24, 2.45) is 11.8 Å². The molecular formula is C16H30N2O3. The van der Waals surface area contributed by atoms with Gasteiger partial charge in [0.2, 0.25) is 5.91 Å². The van der Waals surface area contributed by atoms with Crippen molar-refractivity contribution in [1.29, 1.82) is 0 Å². The number of carboxylic acids is 1. The number of likely N-dealkylation sites (tertiary alicyclic amines) is 2. The van der Waals surface area contributed by atoms with Crippen LogP contribution in [0.15, 0.2) is 0 Å². The van der Waals surface area contributed by atoms with E-state index in [1.165, 1.54) is 12.8 Å². The number of carbonyl (C=O) groups is 2. The third-order valence-corrected chi connectivity index (χ3v) is 4.43. The fraction of sp³-hybridized carbons (Fsp3) is 0.875. The van der Waals surface area contributed by atoms with Crippen LogP contribution in [-0.4, -0.2) is 59.5 Å². The standard InChI is InChI=1S/C14H24N2O3.C2H6/c1-11-2-6-15(7-3-11)10-13(17)16-8-4-12(5-9-16)14(18)19;1-2/h11-12H,2-10H2,1H3,(H,18,19);1-2H3. The lowest BCUT2D eigenvalue weighted by atomic mass is 9.97. The second-order valence-electron chi connectivity index (χ2n) is 5.95. The molecule has 122 valence electrons. The fourth-order valence-corrected chi connectivity index (χ4v) is 2.89. The molecular weight excluding hydrogens is 268 g/mol. The minimum Gasteiger partial charge on any atom is -0.481 e. The predicted molar refractivity (Wildman–Crippen MR) is 83.1 cm³/mol. The van der Waals surface area contributed by atoms with Crippen molar-refractivity contribution in [3.63, 3.8) is 0 Å². The molecule has 0 unspecified atom stereocenters. The molecule has 2 aliphatic rings. The molecule has 0 saturated carbocycles. The van der Waals surface area contributed by atoms with Crippen molar-refractivity contribution in [1.82, 2.24) is 9.80 Å². The highest BCUT2D eigenvalue weighted by atomic mass is 16.4. The Bertz CT molecular complexity index is 330. The van der Waals surface area contributed by atoms with Crippen LogP contribution in [0.3, 0.4) is 0 Å². The second-order valence-corrected chi connectivity index (χ2v) is 5.95. The Hall–Kier alpha value is -1.10. The van der Waals surface area contributed by atoms with Crippen LogP contribution in [0.5, 0.6) is 0 Å². The van der Waals surface area contributed by atoms with E-state index in [1.807, 2.05) is 18.7 Å². The number of amides is 1. The zero-order chi connectivity index (χ0) is 15.8. The Morgan fingerprint density at radius 3 is 2.00 bits per heavy atom. The predicted octanol–water partition coefficient (Wildman–Crippen LogP) is 2.07. The van der Waals surface area contributed by atoms with Crippen molar-refractivity contribution in [2.75, 3.05) is 32.7 Å². The van der Waals surface area contributed by atoms with Crippen molar-refractivity contribution >= 4 is 11.9 Å². The Labute approximate surface area is 128 Å². The van der Waals surface area contributed by atoms with Gasteiger partial charge in [0.05, 0.1) is 12.5 Å². The van der Waals surface area contributed by atoms with Crippen LogP contribution in [-0.2, 0) is 9.59 Å². The van der Waals surface area contributed by atoms with E-state index in [9.17, 15) is 9.59 Å². The number of rotatable bonds is 3. The summed E-state index contributed by atoms with van der Waals surface area (Å²) in [6.45, 7) is 9.98. The van der Waals surface area contributed by atoms with E-state index in [2.05, 4.69) is 11.8 Å². The highest BCUT2D eigenvalue weighted by Gasteiger charge is 2.28. The van der Waals surface area contributed by atoms with E-state index in [0.29, 0.717) is 32.5 Å². The lowest BCUT2D eigenvalue weighted by Gasteiger charge is -2.34. The largest absolute Gasteiger partial charge is 0.481 e. The molecule has 5 nitrogen and oxygen atoms in total. The molecule has 5 heteroatoms. The maximum absolute atomic E-state index is 12.2. The highest BCUT2D eigenvalue weighted by Crippen LogP contribution is 2.19. The molecule has 0 bridgehead atoms. The van der Waals surface area contributed by atoms with Gasteiger partial charge in [-0.25, -0.2) is 0 Å². The summed E-state index contributed by atoms with van der Waals surface area (Å²) in [4.78, 5) is 27.1. The van der Waals surface area contributed by atoms with Crippen LogP contribution in [0.1, 0.15) is 46.5 Å². The molecule has 0 atom stereocenters. The molecule has 0 aromatic carbocycles. The van der Waals surface area contributed by atoms with Crippen molar-refractivity contribution in [2.45, 2.75) is 46.5 Å². The average Bonchev–Trinajstić information content (AvgIpc) is 2.51. The van der Waals surface area contributed by atoms with Crippen molar-refractivity contribution < 1.29 is 14.7 Å². The first-order valence-electron chi connectivity index (χ1n) is 8.29. The van der Waals surface area contributed by atoms with Crippen LogP contribution in [0.2, 0.25) is 0 Å². The third-order valence-electron chi connectivity index (χ3n) is 4.43. The second kappa shape index (κ2) is 9.03. The molecule has 1 N–H and O–H groups in total. The first-order valence-corrected chi connectivity index (χ1v) is 8.29. The number of carboxylic acid groups (broad SMARTS) is 1. The van der Waals surface area contributed by atoms with Gasteiger partial charge in [-0.05, 0) is 44.7 Å². The summed E-state index contributed by atoms with van der Waals surface area (Å²) in [5.41, 5.74) is 0. The number of carbonyl (C=O) groups excluding carboxylic acids is 1. The molecule has 0 aromatic heterocycles. The summed E-state index contributed by atoms with van der Waals surface area (Å²) < 4.78 is 0. The zero-order valence-corrected chi connectivity index (χ0v) is 13.7. The average molecular weight is 298 g/mol. The summed E-state index contributed by atoms with van der Waals surface area (Å²) in [7, 11) is 0. The lowest BCUT2D eigenvalue weighted by Crippen LogP contribution is -2.46. The SMILES string of the molecule is CC.CC1CCN(CC(=O)N2CCC(C(=O)O)CC2)CC1. The first kappa shape index (κ1) is 18.0. The monoisotopic (exact) mass is 298 g/mol. The van der Waals surface area contributed by atoms with Crippen LogP contribution < -0.4 is 0 Å². The molecule has 2 aliphatic heterocycles. The smallest absolute Gasteiger partial charge is 0.306 e. The molecule has 0 aliphatic carbocycles. The maximum atomic E-state index is 12.2. The van der Waals surface area contributed by atoms with E-state index >= 15 is 0 Å². The topological polar surface area (TPSA) is 60.9 Å². The number of hydrogen-bond acceptors (Lipinski definition) is 3. The molecule has 0 spiro atoms. The van der Waals surface area contributed by atoms with Gasteiger partial charge in [0.15, 0.2) is 0 Å². The maximum Gasteiger partial charge on any atom is 0.306 e. The Balaban J connectivity index is 0.00000106. The van der Waals surface area contributed by atoms with Gasteiger partial charge >= 0.3 is 5.97 Å². The molecule has 2 rings (SSSR count). The van der Waals surface area contributed by atoms with Crippen molar-refractivity contribution in [3.8, 4) is 0 Å². The van der Waals surface area contributed by atoms with Gasteiger partial charge in [-0.1, -0.05) is 20.8 Å². The van der Waals surface area contributed by atoms with Gasteiger partial charge in [-0.2, -0.15) is 0 Å². The van der Waals surface area contributed by atoms with Gasteiger partial charge in [0.1, 0.15) is 0 Å². The summed E-state index contributed by atoms with van der Waals surface area (Å²) in [5, 5.41) is 8.94. The molecule has 0 radical (unpaired) electrons. The molecule has 1 amide bonds. The Morgan fingerprint density at radius 1 is 1.00 bits per heavy atom. The normalized spacial score (nSPS) is 21.6. The number of aliphatic carboxylic acids is 1. The number of nitrogens with zero attached hydrogens (tertiary/aromatic N) is 2. The van der Waals surface area contributed by atoms with E-state index < -0.39 is 5.97 Å². The summed E-state index contributed by atoms with van der Waals surface area (Å²) >= 11 is 0. The number of hydrogen-bond donors (Lipinski definition) is 1. The highest BCUT2D eigenvalue weighted by molar-refractivity contribution is 5.79. The van der Waals surface area contributed by atoms with E-state index in [4.69, 9.17) is 5.11 Å². The van der Waals surface area contributed by atoms with Crippen molar-refractivity contribution in [3.05, 3.63) is 0 Å². The Morgan fingerprint density at radius 2 is 1.52 bits per heavy atom. The van der Waals surface area contributed by atoms with E-state index in [0.717, 1.165) is 19.0 Å². The minimum atomic E-state index is -0.725. The first-order chi connectivity index (χ1) is 10.1. The fourth-order valence-electron chi connectivity index (χ4n) is 2.89. The lowest BCUT2D eigenvalue weighted by molar-refractivity contribution is -0.146. The quantitative estimate of drug-likeness (QED) is 0.866. The van der Waals surface area contributed by atoms with Crippen LogP contribution in [0.25, 0.3) is 0 Å². The molecule has 21 heavy (non-hydrogen) atoms. The van der Waals surface area contributed by atoms with Gasteiger partial charge in [0, 0.05) is 13.1 Å². The van der Waals surface area contributed by atoms with E-state index in [-0.39, 0.29) is 11.8 Å². The molecule has 2 saturated heterocycles. The van der Waals surface area contributed by atoms with Gasteiger partial charge in [0.25, 0.3) is 0 Å². The van der Waals surface area contributed by atoms with E-state index in [1.54, 1.807) is 0 Å². The van der Waals surface area contributed by atoms with Gasteiger partial charge in [-0.3, -0.25) is 14.5 Å². The molecule has 0 aromatic rings. The van der Waals surface area contributed by atoms with Gasteiger partial charge < -0.3 is 10.0 Å². The number of piperidine rings is 2. The molecule has 2 fully saturated rings. The summed E-state index contributed by atoms with van der Waals surface area (Å²) in [6, 6.07) is 0. The summed E-state index contributed by atoms with van der Waals surface area (Å²) in [6.07, 6.45) is 3.54. The van der Waals surface area contributed by atoms with Crippen LogP contribution in [0, 0.1) is 11.8 Å². The zero-order valence-electron chi connectivity index (χ0n) is 13.7. The Kier molecular flexibility index (Phi) is 7.72. The summed E-state index contributed by atoms with van der Waals surface area (Å²) in [5.74, 6) is -0.0481. The van der Waals surface area contributed by atoms with Crippen LogP contribution in [0.4, 0.5) is 0 Å². The molecule has 2 heterocycles. The van der Waals surface area contributed by atoms with Crippen LogP contribution >= 0.6 is 0 Å². The minimum absolute atomic E-state index is 0.165. The van der Waals surface area contributed by atoms with Gasteiger partial charge in [-0.15, -0.1) is 0 Å².